The molecule has 4 rings (SSSR count). The molecule has 140 valence electrons. The van der Waals surface area contributed by atoms with E-state index >= 15 is 0 Å². The Bertz CT molecular complexity index is 783. The van der Waals surface area contributed by atoms with Gasteiger partial charge in [-0.25, -0.2) is 4.98 Å². The molecule has 0 spiro atoms. The van der Waals surface area contributed by atoms with Gasteiger partial charge in [0.25, 0.3) is 5.91 Å². The molecule has 1 aliphatic carbocycles. The van der Waals surface area contributed by atoms with E-state index in [1.54, 1.807) is 18.1 Å². The predicted octanol–water partition coefficient (Wildman–Crippen LogP) is 3.23. The summed E-state index contributed by atoms with van der Waals surface area (Å²) in [5.41, 5.74) is 2.69. The summed E-state index contributed by atoms with van der Waals surface area (Å²) < 4.78 is 3.41. The second kappa shape index (κ2) is 7.48. The molecule has 0 aromatic carbocycles. The first kappa shape index (κ1) is 17.7. The summed E-state index contributed by atoms with van der Waals surface area (Å²) in [4.78, 5) is 24.9. The SMILES string of the molecule is CCN1CN([C@H]2CC[C@H](CNSC)CC2)c2c(cnc3[nH]ccc23)C1=O. The lowest BCUT2D eigenvalue weighted by atomic mass is 9.85. The number of carbonyl (C=O) groups excluding carboxylic acids is 1. The number of nitrogens with one attached hydrogen (secondary N) is 2. The van der Waals surface area contributed by atoms with E-state index in [-0.39, 0.29) is 5.91 Å². The fraction of sp³-hybridized carbons (Fsp3) is 0.579. The molecule has 1 amide bonds. The number of carbonyl (C=O) groups is 1. The Kier molecular flexibility index (Phi) is 5.09. The summed E-state index contributed by atoms with van der Waals surface area (Å²) in [5, 5.41) is 1.07. The van der Waals surface area contributed by atoms with Crippen molar-refractivity contribution >= 4 is 34.6 Å². The van der Waals surface area contributed by atoms with Crippen LogP contribution in [0, 0.1) is 5.92 Å². The van der Waals surface area contributed by atoms with Crippen molar-refractivity contribution < 1.29 is 4.79 Å². The monoisotopic (exact) mass is 373 g/mol. The minimum atomic E-state index is 0.104. The Balaban J connectivity index is 1.63. The van der Waals surface area contributed by atoms with Gasteiger partial charge in [-0.3, -0.25) is 9.52 Å². The number of nitrogens with zero attached hydrogens (tertiary/aromatic N) is 3. The Labute approximate surface area is 158 Å². The minimum absolute atomic E-state index is 0.104. The Hall–Kier alpha value is -1.73. The summed E-state index contributed by atoms with van der Waals surface area (Å²) in [6.45, 7) is 4.56. The van der Waals surface area contributed by atoms with Crippen LogP contribution in [-0.4, -0.2) is 52.8 Å². The molecular weight excluding hydrogens is 346 g/mol. The summed E-state index contributed by atoms with van der Waals surface area (Å²) >= 11 is 1.71. The van der Waals surface area contributed by atoms with Crippen LogP contribution in [0.4, 0.5) is 5.69 Å². The first-order chi connectivity index (χ1) is 12.7. The van der Waals surface area contributed by atoms with Crippen molar-refractivity contribution in [1.82, 2.24) is 19.6 Å². The maximum Gasteiger partial charge on any atom is 0.258 e. The molecule has 0 radical (unpaired) electrons. The van der Waals surface area contributed by atoms with Crippen LogP contribution in [0.15, 0.2) is 18.5 Å². The summed E-state index contributed by atoms with van der Waals surface area (Å²) in [6.07, 6.45) is 10.6. The highest BCUT2D eigenvalue weighted by atomic mass is 32.2. The van der Waals surface area contributed by atoms with E-state index in [2.05, 4.69) is 31.9 Å². The van der Waals surface area contributed by atoms with E-state index in [9.17, 15) is 4.79 Å². The zero-order valence-electron chi connectivity index (χ0n) is 15.5. The quantitative estimate of drug-likeness (QED) is 0.788. The van der Waals surface area contributed by atoms with Crippen LogP contribution in [0.5, 0.6) is 0 Å². The molecule has 26 heavy (non-hydrogen) atoms. The van der Waals surface area contributed by atoms with Gasteiger partial charge in [-0.15, -0.1) is 0 Å². The summed E-state index contributed by atoms with van der Waals surface area (Å²) in [6, 6.07) is 2.54. The van der Waals surface area contributed by atoms with Gasteiger partial charge < -0.3 is 14.8 Å². The van der Waals surface area contributed by atoms with Crippen LogP contribution < -0.4 is 9.62 Å². The van der Waals surface area contributed by atoms with E-state index in [0.717, 1.165) is 41.3 Å². The van der Waals surface area contributed by atoms with Crippen LogP contribution in [0.1, 0.15) is 43.0 Å². The standard InChI is InChI=1S/C19H27N5OS/c1-3-23-12-24(14-6-4-13(5-7-14)10-22-26-2)17-15-8-9-20-18(15)21-11-16(17)19(23)25/h8-9,11,13-14,22H,3-7,10,12H2,1-2H3,(H,20,21)/t13-,14-. The van der Waals surface area contributed by atoms with Crippen molar-refractivity contribution in [2.24, 2.45) is 5.92 Å². The molecular formula is C19H27N5OS. The molecule has 0 atom stereocenters. The third-order valence-electron chi connectivity index (χ3n) is 5.84. The number of fused-ring (bicyclic) bond motifs is 3. The zero-order valence-corrected chi connectivity index (χ0v) is 16.3. The highest BCUT2D eigenvalue weighted by Gasteiger charge is 2.35. The lowest BCUT2D eigenvalue weighted by Crippen LogP contribution is -2.51. The van der Waals surface area contributed by atoms with Gasteiger partial charge in [0.15, 0.2) is 0 Å². The van der Waals surface area contributed by atoms with Crippen molar-refractivity contribution in [1.29, 1.82) is 0 Å². The number of aromatic nitrogens is 2. The van der Waals surface area contributed by atoms with Crippen molar-refractivity contribution in [3.8, 4) is 0 Å². The van der Waals surface area contributed by atoms with Crippen molar-refractivity contribution in [3.63, 3.8) is 0 Å². The number of hydrogen-bond acceptors (Lipinski definition) is 5. The average Bonchev–Trinajstić information content (AvgIpc) is 3.16. The van der Waals surface area contributed by atoms with Crippen LogP contribution in [-0.2, 0) is 0 Å². The number of amides is 1. The molecule has 3 heterocycles. The van der Waals surface area contributed by atoms with Crippen molar-refractivity contribution in [2.75, 3.05) is 30.9 Å². The first-order valence-corrected chi connectivity index (χ1v) is 10.7. The molecule has 1 saturated carbocycles. The van der Waals surface area contributed by atoms with E-state index in [1.807, 2.05) is 18.0 Å². The minimum Gasteiger partial charge on any atom is -0.349 e. The smallest absolute Gasteiger partial charge is 0.258 e. The van der Waals surface area contributed by atoms with Gasteiger partial charge in [-0.05, 0) is 50.8 Å². The Morgan fingerprint density at radius 1 is 1.35 bits per heavy atom. The summed E-state index contributed by atoms with van der Waals surface area (Å²) in [7, 11) is 0. The number of aromatic amines is 1. The van der Waals surface area contributed by atoms with Gasteiger partial charge in [0.2, 0.25) is 0 Å². The van der Waals surface area contributed by atoms with Gasteiger partial charge in [-0.2, -0.15) is 0 Å². The number of rotatable bonds is 5. The fourth-order valence-electron chi connectivity index (χ4n) is 4.35. The summed E-state index contributed by atoms with van der Waals surface area (Å²) in [5.74, 6) is 0.865. The van der Waals surface area contributed by atoms with Crippen molar-refractivity contribution in [3.05, 3.63) is 24.0 Å². The maximum absolute atomic E-state index is 12.9. The van der Waals surface area contributed by atoms with Crippen molar-refractivity contribution in [2.45, 2.75) is 38.6 Å². The largest absolute Gasteiger partial charge is 0.349 e. The lowest BCUT2D eigenvalue weighted by molar-refractivity contribution is 0.0741. The van der Waals surface area contributed by atoms with Gasteiger partial charge in [-0.1, -0.05) is 11.9 Å². The highest BCUT2D eigenvalue weighted by molar-refractivity contribution is 7.96. The average molecular weight is 374 g/mol. The second-order valence-electron chi connectivity index (χ2n) is 7.26. The molecule has 2 aliphatic rings. The fourth-order valence-corrected chi connectivity index (χ4v) is 4.75. The van der Waals surface area contributed by atoms with Gasteiger partial charge in [0.05, 0.1) is 17.9 Å². The van der Waals surface area contributed by atoms with Crippen LogP contribution in [0.2, 0.25) is 0 Å². The molecule has 0 unspecified atom stereocenters. The van der Waals surface area contributed by atoms with Gasteiger partial charge >= 0.3 is 0 Å². The number of H-pyrrole nitrogens is 1. The molecule has 2 aromatic rings. The normalized spacial score (nSPS) is 23.5. The van der Waals surface area contributed by atoms with Crippen LogP contribution in [0.25, 0.3) is 11.0 Å². The number of anilines is 1. The topological polar surface area (TPSA) is 64.3 Å². The van der Waals surface area contributed by atoms with E-state index in [4.69, 9.17) is 0 Å². The lowest BCUT2D eigenvalue weighted by Gasteiger charge is -2.44. The van der Waals surface area contributed by atoms with Crippen LogP contribution >= 0.6 is 11.9 Å². The van der Waals surface area contributed by atoms with Crippen LogP contribution in [0.3, 0.4) is 0 Å². The highest BCUT2D eigenvalue weighted by Crippen LogP contribution is 2.38. The molecule has 0 bridgehead atoms. The van der Waals surface area contributed by atoms with E-state index in [0.29, 0.717) is 12.7 Å². The third-order valence-corrected chi connectivity index (χ3v) is 6.30. The molecule has 2 aromatic heterocycles. The van der Waals surface area contributed by atoms with Gasteiger partial charge in [0.1, 0.15) is 5.65 Å². The first-order valence-electron chi connectivity index (χ1n) is 9.50. The predicted molar refractivity (Wildman–Crippen MR) is 107 cm³/mol. The second-order valence-corrected chi connectivity index (χ2v) is 7.96. The number of hydrogen-bond donors (Lipinski definition) is 2. The molecule has 2 N–H and O–H groups in total. The molecule has 1 fully saturated rings. The Morgan fingerprint density at radius 2 is 2.15 bits per heavy atom. The van der Waals surface area contributed by atoms with E-state index in [1.165, 1.54) is 25.7 Å². The molecule has 6 nitrogen and oxygen atoms in total. The molecule has 7 heteroatoms. The van der Waals surface area contributed by atoms with E-state index < -0.39 is 0 Å². The van der Waals surface area contributed by atoms with Gasteiger partial charge in [0, 0.05) is 36.9 Å². The molecule has 0 saturated heterocycles. The number of pyridine rings is 1. The maximum atomic E-state index is 12.9. The third kappa shape index (κ3) is 3.07. The molecule has 1 aliphatic heterocycles. The zero-order chi connectivity index (χ0) is 18.1. The Morgan fingerprint density at radius 3 is 2.88 bits per heavy atom.